The first-order valence-electron chi connectivity index (χ1n) is 9.24. The summed E-state index contributed by atoms with van der Waals surface area (Å²) in [7, 11) is 0. The number of para-hydroxylation sites is 2. The number of furan rings is 1. The van der Waals surface area contributed by atoms with Gasteiger partial charge in [0.25, 0.3) is 0 Å². The largest absolute Gasteiger partial charge is 0.456 e. The summed E-state index contributed by atoms with van der Waals surface area (Å²) in [6, 6.07) is 17.3. The van der Waals surface area contributed by atoms with Crippen LogP contribution < -0.4 is 4.90 Å². The smallest absolute Gasteiger partial charge is 0.135 e. The quantitative estimate of drug-likeness (QED) is 0.501. The van der Waals surface area contributed by atoms with Gasteiger partial charge in [-0.2, -0.15) is 0 Å². The molecule has 2 atom stereocenters. The third-order valence-corrected chi connectivity index (χ3v) is 5.49. The van der Waals surface area contributed by atoms with Gasteiger partial charge in [-0.05, 0) is 36.3 Å². The summed E-state index contributed by atoms with van der Waals surface area (Å²) < 4.78 is 6.16. The Kier molecular flexibility index (Phi) is 3.39. The molecule has 5 rings (SSSR count). The molecule has 1 aromatic heterocycles. The molecule has 2 aliphatic rings. The third-order valence-electron chi connectivity index (χ3n) is 5.49. The van der Waals surface area contributed by atoms with Gasteiger partial charge in [0, 0.05) is 28.3 Å². The lowest BCUT2D eigenvalue weighted by Gasteiger charge is -2.32. The molecule has 26 heavy (non-hydrogen) atoms. The highest BCUT2D eigenvalue weighted by molar-refractivity contribution is 5.89. The van der Waals surface area contributed by atoms with E-state index in [1.165, 1.54) is 27.9 Å². The van der Waals surface area contributed by atoms with Crippen LogP contribution in [-0.2, 0) is 0 Å². The van der Waals surface area contributed by atoms with Crippen LogP contribution in [0.2, 0.25) is 0 Å². The lowest BCUT2D eigenvalue weighted by molar-refractivity contribution is 0.570. The molecule has 0 amide bonds. The van der Waals surface area contributed by atoms with Crippen LogP contribution in [0.4, 0.5) is 5.69 Å². The van der Waals surface area contributed by atoms with Gasteiger partial charge >= 0.3 is 0 Å². The predicted molar refractivity (Wildman–Crippen MR) is 108 cm³/mol. The molecular weight excluding hydrogens is 318 g/mol. The molecule has 0 spiro atoms. The van der Waals surface area contributed by atoms with Crippen molar-refractivity contribution in [2.45, 2.75) is 25.3 Å². The van der Waals surface area contributed by atoms with Gasteiger partial charge in [-0.1, -0.05) is 62.1 Å². The molecule has 2 aromatic carbocycles. The fourth-order valence-corrected chi connectivity index (χ4v) is 4.48. The second-order valence-electron chi connectivity index (χ2n) is 6.88. The number of anilines is 1. The maximum Gasteiger partial charge on any atom is 0.135 e. The Labute approximate surface area is 153 Å². The first kappa shape index (κ1) is 15.3. The molecule has 0 fully saturated rings. The lowest BCUT2D eigenvalue weighted by Crippen LogP contribution is -2.26. The molecule has 0 N–H and O–H groups in total. The molecule has 1 aliphatic carbocycles. The van der Waals surface area contributed by atoms with E-state index in [4.69, 9.17) is 4.42 Å². The summed E-state index contributed by atoms with van der Waals surface area (Å²) >= 11 is 0. The predicted octanol–water partition coefficient (Wildman–Crippen LogP) is 6.58. The van der Waals surface area contributed by atoms with Gasteiger partial charge in [-0.3, -0.25) is 0 Å². The standard InChI is InChI=1S/C24H21NO/c1-3-9-16(4-2)25-20-12-7-5-10-17(20)18-14-15-22-23(24(18)25)19-11-6-8-13-21(19)26-22/h4-15,18,24H,2-3H2,1H3. The van der Waals surface area contributed by atoms with Crippen molar-refractivity contribution in [2.24, 2.45) is 0 Å². The SMILES string of the molecule is C=CC(=CCC)N1c2ccccc2C2C=Cc3oc4ccccc4c3C21. The van der Waals surface area contributed by atoms with Gasteiger partial charge in [0.15, 0.2) is 0 Å². The fourth-order valence-electron chi connectivity index (χ4n) is 4.48. The molecule has 1 aliphatic heterocycles. The van der Waals surface area contributed by atoms with Crippen LogP contribution in [0.5, 0.6) is 0 Å². The van der Waals surface area contributed by atoms with Crippen LogP contribution in [0.3, 0.4) is 0 Å². The molecule has 0 saturated heterocycles. The Hall–Kier alpha value is -3.00. The Morgan fingerprint density at radius 3 is 2.81 bits per heavy atom. The first-order chi connectivity index (χ1) is 12.8. The molecule has 2 nitrogen and oxygen atoms in total. The number of hydrogen-bond donors (Lipinski definition) is 0. The molecule has 3 aromatic rings. The van der Waals surface area contributed by atoms with Crippen LogP contribution in [0.1, 0.15) is 42.2 Å². The summed E-state index contributed by atoms with van der Waals surface area (Å²) in [6.07, 6.45) is 9.65. The zero-order valence-electron chi connectivity index (χ0n) is 14.9. The lowest BCUT2D eigenvalue weighted by atomic mass is 9.84. The zero-order valence-corrected chi connectivity index (χ0v) is 14.9. The Morgan fingerprint density at radius 1 is 1.15 bits per heavy atom. The van der Waals surface area contributed by atoms with Crippen molar-refractivity contribution in [2.75, 3.05) is 4.90 Å². The average Bonchev–Trinajstić information content (AvgIpc) is 3.21. The average molecular weight is 339 g/mol. The van der Waals surface area contributed by atoms with Crippen molar-refractivity contribution in [3.63, 3.8) is 0 Å². The fraction of sp³-hybridized carbons (Fsp3) is 0.167. The zero-order chi connectivity index (χ0) is 17.7. The van der Waals surface area contributed by atoms with Gasteiger partial charge in [0.05, 0.1) is 6.04 Å². The minimum Gasteiger partial charge on any atom is -0.456 e. The summed E-state index contributed by atoms with van der Waals surface area (Å²) in [5.41, 5.74) is 6.05. The summed E-state index contributed by atoms with van der Waals surface area (Å²) in [5, 5.41) is 1.21. The highest BCUT2D eigenvalue weighted by atomic mass is 16.3. The molecule has 2 unspecified atom stereocenters. The first-order valence-corrected chi connectivity index (χ1v) is 9.24. The molecule has 0 radical (unpaired) electrons. The van der Waals surface area contributed by atoms with Gasteiger partial charge in [0.2, 0.25) is 0 Å². The second kappa shape index (κ2) is 5.77. The van der Waals surface area contributed by atoms with Crippen LogP contribution in [-0.4, -0.2) is 0 Å². The van der Waals surface area contributed by atoms with Crippen molar-refractivity contribution in [1.82, 2.24) is 0 Å². The van der Waals surface area contributed by atoms with Gasteiger partial charge in [-0.25, -0.2) is 0 Å². The summed E-state index contributed by atoms with van der Waals surface area (Å²) in [6.45, 7) is 6.26. The van der Waals surface area contributed by atoms with Gasteiger partial charge in [-0.15, -0.1) is 0 Å². The number of fused-ring (bicyclic) bond motifs is 7. The van der Waals surface area contributed by atoms with E-state index in [1.54, 1.807) is 0 Å². The normalized spacial score (nSPS) is 20.8. The van der Waals surface area contributed by atoms with E-state index in [1.807, 2.05) is 12.1 Å². The van der Waals surface area contributed by atoms with E-state index in [0.717, 1.165) is 17.8 Å². The Balaban J connectivity index is 1.80. The highest BCUT2D eigenvalue weighted by Gasteiger charge is 2.43. The topological polar surface area (TPSA) is 16.4 Å². The minimum atomic E-state index is 0.201. The molecule has 2 heterocycles. The second-order valence-corrected chi connectivity index (χ2v) is 6.88. The van der Waals surface area contributed by atoms with Crippen molar-refractivity contribution in [3.05, 3.63) is 95.9 Å². The van der Waals surface area contributed by atoms with Crippen LogP contribution in [0, 0.1) is 0 Å². The highest BCUT2D eigenvalue weighted by Crippen LogP contribution is 2.56. The number of nitrogens with zero attached hydrogens (tertiary/aromatic N) is 1. The minimum absolute atomic E-state index is 0.201. The van der Waals surface area contributed by atoms with E-state index in [2.05, 4.69) is 79.1 Å². The Bertz CT molecular complexity index is 1070. The molecular formula is C24H21NO. The number of allylic oxidation sites excluding steroid dienone is 2. The molecule has 2 heteroatoms. The van der Waals surface area contributed by atoms with E-state index in [-0.39, 0.29) is 6.04 Å². The maximum absolute atomic E-state index is 6.16. The van der Waals surface area contributed by atoms with Gasteiger partial charge in [0.1, 0.15) is 11.3 Å². The van der Waals surface area contributed by atoms with Crippen LogP contribution in [0.25, 0.3) is 17.0 Å². The number of rotatable bonds is 3. The van der Waals surface area contributed by atoms with Crippen molar-refractivity contribution in [1.29, 1.82) is 0 Å². The molecule has 0 saturated carbocycles. The van der Waals surface area contributed by atoms with E-state index in [9.17, 15) is 0 Å². The third kappa shape index (κ3) is 1.99. The molecule has 128 valence electrons. The Morgan fingerprint density at radius 2 is 1.96 bits per heavy atom. The van der Waals surface area contributed by atoms with Crippen molar-refractivity contribution >= 4 is 22.7 Å². The summed E-state index contributed by atoms with van der Waals surface area (Å²) in [5.74, 6) is 1.30. The monoisotopic (exact) mass is 339 g/mol. The van der Waals surface area contributed by atoms with Crippen molar-refractivity contribution in [3.8, 4) is 0 Å². The van der Waals surface area contributed by atoms with Crippen LogP contribution >= 0.6 is 0 Å². The molecule has 0 bridgehead atoms. The van der Waals surface area contributed by atoms with Gasteiger partial charge < -0.3 is 9.32 Å². The number of benzene rings is 2. The van der Waals surface area contributed by atoms with Crippen molar-refractivity contribution < 1.29 is 4.42 Å². The summed E-state index contributed by atoms with van der Waals surface area (Å²) in [4.78, 5) is 2.45. The van der Waals surface area contributed by atoms with E-state index < -0.39 is 0 Å². The van der Waals surface area contributed by atoms with E-state index >= 15 is 0 Å². The van der Waals surface area contributed by atoms with Crippen LogP contribution in [0.15, 0.2) is 83.5 Å². The number of hydrogen-bond acceptors (Lipinski definition) is 2. The van der Waals surface area contributed by atoms with E-state index in [0.29, 0.717) is 5.92 Å². The maximum atomic E-state index is 6.16.